The first-order valence-corrected chi connectivity index (χ1v) is 10.8. The molecule has 0 unspecified atom stereocenters. The van der Waals surface area contributed by atoms with E-state index in [1.807, 2.05) is 0 Å². The smallest absolute Gasteiger partial charge is 0.434 e. The van der Waals surface area contributed by atoms with E-state index in [2.05, 4.69) is 5.32 Å². The van der Waals surface area contributed by atoms with Gasteiger partial charge in [0.05, 0.1) is 28.8 Å². The van der Waals surface area contributed by atoms with E-state index in [4.69, 9.17) is 37.4 Å². The molecule has 1 aliphatic carbocycles. The van der Waals surface area contributed by atoms with Crippen molar-refractivity contribution in [2.45, 2.75) is 57.3 Å². The van der Waals surface area contributed by atoms with Gasteiger partial charge in [0.1, 0.15) is 6.61 Å². The molecule has 32 heavy (non-hydrogen) atoms. The Bertz CT molecular complexity index is 917. The van der Waals surface area contributed by atoms with Crippen molar-refractivity contribution in [1.82, 2.24) is 5.32 Å². The summed E-state index contributed by atoms with van der Waals surface area (Å²) in [6, 6.07) is 3.10. The van der Waals surface area contributed by atoms with Gasteiger partial charge in [-0.2, -0.15) is 13.2 Å². The highest BCUT2D eigenvalue weighted by molar-refractivity contribution is 6.38. The maximum Gasteiger partial charge on any atom is 0.513 e. The van der Waals surface area contributed by atoms with Gasteiger partial charge in [0.25, 0.3) is 5.91 Å². The second-order valence-corrected chi connectivity index (χ2v) is 8.57. The summed E-state index contributed by atoms with van der Waals surface area (Å²) in [5, 5.41) is 3.44. The first-order chi connectivity index (χ1) is 15.0. The summed E-state index contributed by atoms with van der Waals surface area (Å²) in [7, 11) is 0. The Morgan fingerprint density at radius 3 is 2.47 bits per heavy atom. The third-order valence-electron chi connectivity index (χ3n) is 5.46. The molecule has 0 bridgehead atoms. The van der Waals surface area contributed by atoms with Gasteiger partial charge in [0, 0.05) is 10.6 Å². The Balaban J connectivity index is 1.97. The number of hydrogen-bond acceptors (Lipinski definition) is 5. The second kappa shape index (κ2) is 9.49. The van der Waals surface area contributed by atoms with Gasteiger partial charge in [-0.3, -0.25) is 4.79 Å². The van der Waals surface area contributed by atoms with Gasteiger partial charge < -0.3 is 19.5 Å². The quantitative estimate of drug-likeness (QED) is 0.540. The summed E-state index contributed by atoms with van der Waals surface area (Å²) in [4.78, 5) is 25.2. The van der Waals surface area contributed by atoms with Crippen molar-refractivity contribution >= 4 is 40.8 Å². The molecule has 176 valence electrons. The lowest BCUT2D eigenvalue weighted by Gasteiger charge is -2.38. The normalized spacial score (nSPS) is 23.5. The predicted molar refractivity (Wildman–Crippen MR) is 111 cm³/mol. The van der Waals surface area contributed by atoms with Crippen LogP contribution in [0.15, 0.2) is 17.9 Å². The van der Waals surface area contributed by atoms with Gasteiger partial charge in [-0.05, 0) is 57.2 Å². The number of amides is 1. The van der Waals surface area contributed by atoms with Crippen molar-refractivity contribution in [3.8, 4) is 0 Å². The Kier molecular flexibility index (Phi) is 7.31. The van der Waals surface area contributed by atoms with Crippen molar-refractivity contribution in [3.63, 3.8) is 0 Å². The molecule has 1 amide bonds. The number of carbonyl (C=O) groups excluding carboxylic acids is 2. The third-order valence-corrected chi connectivity index (χ3v) is 5.98. The zero-order chi connectivity index (χ0) is 23.7. The molecule has 6 nitrogen and oxygen atoms in total. The van der Waals surface area contributed by atoms with Crippen molar-refractivity contribution in [2.75, 3.05) is 13.2 Å². The van der Waals surface area contributed by atoms with Crippen LogP contribution in [0.4, 0.5) is 18.0 Å². The monoisotopic (exact) mass is 495 g/mol. The SMILES string of the molecule is CCOC(=O)OC1=C(c2c(C)cc(Cl)cc2Cl)C(=O)NC12CCC(OCC(F)(F)F)CC2. The first-order valence-electron chi connectivity index (χ1n) is 10.0. The molecule has 2 aliphatic rings. The first kappa shape index (κ1) is 24.7. The zero-order valence-corrected chi connectivity index (χ0v) is 18.9. The molecule has 3 rings (SSSR count). The molecule has 0 aromatic heterocycles. The number of halogens is 5. The number of ether oxygens (including phenoxy) is 3. The number of carbonyl (C=O) groups is 2. The van der Waals surface area contributed by atoms with Gasteiger partial charge in [-0.25, -0.2) is 4.79 Å². The Morgan fingerprint density at radius 1 is 1.25 bits per heavy atom. The summed E-state index contributed by atoms with van der Waals surface area (Å²) in [6.07, 6.45) is -5.17. The number of alkyl halides is 3. The maximum absolute atomic E-state index is 13.1. The van der Waals surface area contributed by atoms with Crippen LogP contribution in [0.3, 0.4) is 0 Å². The van der Waals surface area contributed by atoms with E-state index in [0.717, 1.165) is 0 Å². The lowest BCUT2D eigenvalue weighted by Crippen LogP contribution is -2.49. The van der Waals surface area contributed by atoms with Crippen LogP contribution in [0.25, 0.3) is 5.57 Å². The van der Waals surface area contributed by atoms with Crippen LogP contribution in [-0.2, 0) is 19.0 Å². The topological polar surface area (TPSA) is 73.9 Å². The van der Waals surface area contributed by atoms with Gasteiger partial charge >= 0.3 is 12.3 Å². The van der Waals surface area contributed by atoms with Crippen LogP contribution >= 0.6 is 23.2 Å². The average Bonchev–Trinajstić information content (AvgIpc) is 2.92. The predicted octanol–water partition coefficient (Wildman–Crippen LogP) is 5.58. The van der Waals surface area contributed by atoms with Gasteiger partial charge in [0.15, 0.2) is 5.76 Å². The molecule has 11 heteroatoms. The van der Waals surface area contributed by atoms with Crippen LogP contribution in [-0.4, -0.2) is 43.1 Å². The fourth-order valence-corrected chi connectivity index (χ4v) is 4.81. The molecule has 1 fully saturated rings. The summed E-state index contributed by atoms with van der Waals surface area (Å²) < 4.78 is 52.8. The molecular formula is C21H22Cl2F3NO5. The summed E-state index contributed by atoms with van der Waals surface area (Å²) >= 11 is 12.4. The van der Waals surface area contributed by atoms with Crippen LogP contribution in [0.5, 0.6) is 0 Å². The van der Waals surface area contributed by atoms with E-state index in [1.165, 1.54) is 6.07 Å². The van der Waals surface area contributed by atoms with Crippen LogP contribution in [0.2, 0.25) is 10.0 Å². The fourth-order valence-electron chi connectivity index (χ4n) is 4.12. The van der Waals surface area contributed by atoms with E-state index < -0.39 is 36.5 Å². The summed E-state index contributed by atoms with van der Waals surface area (Å²) in [6.45, 7) is 2.03. The van der Waals surface area contributed by atoms with Gasteiger partial charge in [0.2, 0.25) is 0 Å². The lowest BCUT2D eigenvalue weighted by atomic mass is 9.79. The molecule has 1 heterocycles. The minimum Gasteiger partial charge on any atom is -0.434 e. The molecule has 0 saturated heterocycles. The lowest BCUT2D eigenvalue weighted by molar-refractivity contribution is -0.189. The van der Waals surface area contributed by atoms with E-state index >= 15 is 0 Å². The van der Waals surface area contributed by atoms with Crippen molar-refractivity contribution < 1.29 is 37.0 Å². The standard InChI is InChI=1S/C21H22Cl2F3NO5/c1-3-30-19(29)32-17-16(15-11(2)8-12(22)9-14(15)23)18(28)27-20(17)6-4-13(5-7-20)31-10-21(24,25)26/h8-9,13H,3-7,10H2,1-2H3,(H,27,28). The zero-order valence-electron chi connectivity index (χ0n) is 17.4. The molecule has 1 aromatic carbocycles. The van der Waals surface area contributed by atoms with Crippen LogP contribution in [0.1, 0.15) is 43.7 Å². The highest BCUT2D eigenvalue weighted by Crippen LogP contribution is 2.46. The number of benzene rings is 1. The number of nitrogens with one attached hydrogen (secondary N) is 1. The molecule has 1 aliphatic heterocycles. The van der Waals surface area contributed by atoms with Crippen molar-refractivity contribution in [2.24, 2.45) is 0 Å². The Morgan fingerprint density at radius 2 is 1.91 bits per heavy atom. The second-order valence-electron chi connectivity index (χ2n) is 7.73. The highest BCUT2D eigenvalue weighted by atomic mass is 35.5. The highest BCUT2D eigenvalue weighted by Gasteiger charge is 2.51. The molecular weight excluding hydrogens is 474 g/mol. The van der Waals surface area contributed by atoms with Gasteiger partial charge in [-0.15, -0.1) is 0 Å². The van der Waals surface area contributed by atoms with Crippen LogP contribution < -0.4 is 5.32 Å². The fraction of sp³-hybridized carbons (Fsp3) is 0.524. The minimum atomic E-state index is -4.43. The minimum absolute atomic E-state index is 0.0440. The maximum atomic E-state index is 13.1. The van der Waals surface area contributed by atoms with E-state index in [0.29, 0.717) is 16.1 Å². The average molecular weight is 496 g/mol. The van der Waals surface area contributed by atoms with E-state index in [1.54, 1.807) is 19.9 Å². The summed E-state index contributed by atoms with van der Waals surface area (Å²) in [5.41, 5.74) is -0.0592. The largest absolute Gasteiger partial charge is 0.513 e. The van der Waals surface area contributed by atoms with Crippen molar-refractivity contribution in [1.29, 1.82) is 0 Å². The van der Waals surface area contributed by atoms with Gasteiger partial charge in [-0.1, -0.05) is 23.2 Å². The summed E-state index contributed by atoms with van der Waals surface area (Å²) in [5.74, 6) is -0.464. The molecule has 0 atom stereocenters. The Hall–Kier alpha value is -1.97. The molecule has 1 saturated carbocycles. The third kappa shape index (κ3) is 5.32. The Labute approximate surface area is 193 Å². The van der Waals surface area contributed by atoms with E-state index in [9.17, 15) is 22.8 Å². The number of hydrogen-bond donors (Lipinski definition) is 1. The molecule has 1 spiro atoms. The van der Waals surface area contributed by atoms with E-state index in [-0.39, 0.29) is 48.6 Å². The van der Waals surface area contributed by atoms with Crippen LogP contribution in [0, 0.1) is 6.92 Å². The number of aryl methyl sites for hydroxylation is 1. The molecule has 1 N–H and O–H groups in total. The molecule has 0 radical (unpaired) electrons. The molecule has 1 aromatic rings. The number of rotatable bonds is 5. The van der Waals surface area contributed by atoms with Crippen molar-refractivity contribution in [3.05, 3.63) is 39.1 Å².